The van der Waals surface area contributed by atoms with E-state index in [9.17, 15) is 9.59 Å². The maximum atomic E-state index is 14.1. The topological polar surface area (TPSA) is 49.9 Å². The number of fused-ring (bicyclic) bond motifs is 1. The minimum Gasteiger partial charge on any atom is -0.491 e. The average Bonchev–Trinajstić information content (AvgIpc) is 2.96. The molecular weight excluding hydrogens is 496 g/mol. The zero-order valence-electron chi connectivity index (χ0n) is 24.6. The number of amides is 2. The summed E-state index contributed by atoms with van der Waals surface area (Å²) in [5.41, 5.74) is 3.65. The van der Waals surface area contributed by atoms with Crippen LogP contribution in [0.15, 0.2) is 78.9 Å². The molecule has 0 unspecified atom stereocenters. The van der Waals surface area contributed by atoms with Gasteiger partial charge in [0.1, 0.15) is 12.4 Å². The molecule has 40 heavy (non-hydrogen) atoms. The standard InChI is InChI=1S/C35H44N2O3/c1-5-36-23-13-6-7-14-24-37(33(38)28-19-21-29(22-20-28)35(2,3)4)30(25-27-15-9-8-10-16-27)26-40-32-18-12-11-17-31(32)34(36)39/h8-12,15-22,30H,5-7,13-14,23-26H2,1-4H3/t30-/m1/s1. The molecule has 1 heterocycles. The molecule has 0 aromatic heterocycles. The Morgan fingerprint density at radius 2 is 1.50 bits per heavy atom. The van der Waals surface area contributed by atoms with Gasteiger partial charge in [-0.1, -0.05) is 88.2 Å². The van der Waals surface area contributed by atoms with Crippen LogP contribution in [0.5, 0.6) is 5.75 Å². The number of carbonyl (C=O) groups is 2. The first kappa shape index (κ1) is 29.4. The van der Waals surface area contributed by atoms with Crippen molar-refractivity contribution < 1.29 is 14.3 Å². The van der Waals surface area contributed by atoms with Crippen LogP contribution in [0.1, 0.15) is 85.2 Å². The second-order valence-electron chi connectivity index (χ2n) is 11.8. The molecule has 5 heteroatoms. The summed E-state index contributed by atoms with van der Waals surface area (Å²) < 4.78 is 6.42. The molecule has 0 radical (unpaired) electrons. The average molecular weight is 541 g/mol. The molecule has 2 amide bonds. The Morgan fingerprint density at radius 1 is 0.850 bits per heavy atom. The molecular formula is C35H44N2O3. The van der Waals surface area contributed by atoms with E-state index in [0.717, 1.165) is 37.8 Å². The quantitative estimate of drug-likeness (QED) is 0.353. The summed E-state index contributed by atoms with van der Waals surface area (Å²) in [4.78, 5) is 31.5. The number of hydrogen-bond donors (Lipinski definition) is 0. The van der Waals surface area contributed by atoms with Crippen LogP contribution in [0.3, 0.4) is 0 Å². The molecule has 0 bridgehead atoms. The second-order valence-corrected chi connectivity index (χ2v) is 11.8. The van der Waals surface area contributed by atoms with E-state index in [0.29, 0.717) is 43.0 Å². The van der Waals surface area contributed by atoms with Gasteiger partial charge < -0.3 is 14.5 Å². The van der Waals surface area contributed by atoms with Crippen molar-refractivity contribution in [3.8, 4) is 5.75 Å². The molecule has 212 valence electrons. The van der Waals surface area contributed by atoms with Gasteiger partial charge in [0.2, 0.25) is 0 Å². The Labute approximate surface area is 240 Å². The molecule has 0 spiro atoms. The first-order valence-corrected chi connectivity index (χ1v) is 14.7. The molecule has 1 atom stereocenters. The molecule has 1 aliphatic rings. The van der Waals surface area contributed by atoms with Crippen LogP contribution in [-0.2, 0) is 11.8 Å². The van der Waals surface area contributed by atoms with Crippen molar-refractivity contribution in [1.29, 1.82) is 0 Å². The first-order chi connectivity index (χ1) is 19.3. The Morgan fingerprint density at radius 3 is 2.17 bits per heavy atom. The van der Waals surface area contributed by atoms with Crippen molar-refractivity contribution in [3.63, 3.8) is 0 Å². The van der Waals surface area contributed by atoms with Gasteiger partial charge >= 0.3 is 0 Å². The van der Waals surface area contributed by atoms with E-state index in [-0.39, 0.29) is 23.3 Å². The predicted molar refractivity (Wildman–Crippen MR) is 162 cm³/mol. The van der Waals surface area contributed by atoms with Crippen molar-refractivity contribution in [1.82, 2.24) is 9.80 Å². The van der Waals surface area contributed by atoms with Crippen molar-refractivity contribution in [2.45, 2.75) is 71.3 Å². The summed E-state index contributed by atoms with van der Waals surface area (Å²) in [7, 11) is 0. The zero-order valence-corrected chi connectivity index (χ0v) is 24.6. The van der Waals surface area contributed by atoms with Crippen molar-refractivity contribution >= 4 is 11.8 Å². The van der Waals surface area contributed by atoms with Crippen LogP contribution in [0.4, 0.5) is 0 Å². The number of rotatable bonds is 4. The lowest BCUT2D eigenvalue weighted by molar-refractivity contribution is 0.0597. The van der Waals surface area contributed by atoms with Crippen LogP contribution < -0.4 is 4.74 Å². The SMILES string of the molecule is CCN1CCCCCCN(C(=O)c2ccc(C(C)(C)C)cc2)[C@H](Cc2ccccc2)COc2ccccc2C1=O. The normalized spacial score (nSPS) is 17.5. The highest BCUT2D eigenvalue weighted by molar-refractivity contribution is 5.97. The highest BCUT2D eigenvalue weighted by Gasteiger charge is 2.27. The van der Waals surface area contributed by atoms with Gasteiger partial charge in [0, 0.05) is 25.2 Å². The predicted octanol–water partition coefficient (Wildman–Crippen LogP) is 7.15. The summed E-state index contributed by atoms with van der Waals surface area (Å²) in [6.07, 6.45) is 4.55. The molecule has 0 fully saturated rings. The third kappa shape index (κ3) is 7.53. The maximum absolute atomic E-state index is 14.1. The largest absolute Gasteiger partial charge is 0.491 e. The van der Waals surface area contributed by atoms with Gasteiger partial charge in [-0.2, -0.15) is 0 Å². The van der Waals surface area contributed by atoms with Gasteiger partial charge in [-0.3, -0.25) is 9.59 Å². The number of ether oxygens (including phenoxy) is 1. The second kappa shape index (κ2) is 13.6. The number of para-hydroxylation sites is 1. The number of nitrogens with zero attached hydrogens (tertiary/aromatic N) is 2. The van der Waals surface area contributed by atoms with Gasteiger partial charge in [0.15, 0.2) is 0 Å². The van der Waals surface area contributed by atoms with E-state index in [2.05, 4.69) is 45.0 Å². The Hall–Kier alpha value is -3.60. The van der Waals surface area contributed by atoms with E-state index in [1.807, 2.05) is 71.3 Å². The molecule has 3 aromatic carbocycles. The van der Waals surface area contributed by atoms with E-state index < -0.39 is 0 Å². The van der Waals surface area contributed by atoms with E-state index in [1.54, 1.807) is 0 Å². The van der Waals surface area contributed by atoms with Gasteiger partial charge in [0.05, 0.1) is 11.6 Å². The van der Waals surface area contributed by atoms with Gasteiger partial charge in [-0.15, -0.1) is 0 Å². The lowest BCUT2D eigenvalue weighted by Crippen LogP contribution is -2.46. The van der Waals surface area contributed by atoms with E-state index in [4.69, 9.17) is 4.74 Å². The third-order valence-corrected chi connectivity index (χ3v) is 7.81. The smallest absolute Gasteiger partial charge is 0.257 e. The fourth-order valence-electron chi connectivity index (χ4n) is 5.34. The van der Waals surface area contributed by atoms with Crippen LogP contribution in [0, 0.1) is 0 Å². The molecule has 4 rings (SSSR count). The zero-order chi connectivity index (χ0) is 28.5. The van der Waals surface area contributed by atoms with Gasteiger partial charge in [-0.05, 0) is 67.0 Å². The Kier molecular flexibility index (Phi) is 10.0. The summed E-state index contributed by atoms with van der Waals surface area (Å²) in [6.45, 7) is 10.9. The van der Waals surface area contributed by atoms with Crippen molar-refractivity contribution in [2.75, 3.05) is 26.2 Å². The molecule has 3 aromatic rings. The number of carbonyl (C=O) groups excluding carboxylic acids is 2. The number of hydrogen-bond acceptors (Lipinski definition) is 3. The third-order valence-electron chi connectivity index (χ3n) is 7.81. The highest BCUT2D eigenvalue weighted by Crippen LogP contribution is 2.25. The van der Waals surface area contributed by atoms with Crippen LogP contribution >= 0.6 is 0 Å². The van der Waals surface area contributed by atoms with Crippen molar-refractivity contribution in [2.24, 2.45) is 0 Å². The molecule has 0 N–H and O–H groups in total. The fraction of sp³-hybridized carbons (Fsp3) is 0.429. The molecule has 0 aliphatic carbocycles. The fourth-order valence-corrected chi connectivity index (χ4v) is 5.34. The van der Waals surface area contributed by atoms with Gasteiger partial charge in [-0.25, -0.2) is 0 Å². The van der Waals surface area contributed by atoms with Crippen LogP contribution in [-0.4, -0.2) is 53.9 Å². The van der Waals surface area contributed by atoms with E-state index in [1.165, 1.54) is 5.56 Å². The summed E-state index contributed by atoms with van der Waals surface area (Å²) in [6, 6.07) is 25.6. The summed E-state index contributed by atoms with van der Waals surface area (Å²) in [5.74, 6) is 0.600. The van der Waals surface area contributed by atoms with E-state index >= 15 is 0 Å². The Bertz CT molecular complexity index is 1250. The highest BCUT2D eigenvalue weighted by atomic mass is 16.5. The first-order valence-electron chi connectivity index (χ1n) is 14.7. The molecule has 1 aliphatic heterocycles. The van der Waals surface area contributed by atoms with Gasteiger partial charge in [0.25, 0.3) is 11.8 Å². The summed E-state index contributed by atoms with van der Waals surface area (Å²) in [5, 5.41) is 0. The van der Waals surface area contributed by atoms with Crippen molar-refractivity contribution in [3.05, 3.63) is 101 Å². The lowest BCUT2D eigenvalue weighted by atomic mass is 9.86. The molecule has 5 nitrogen and oxygen atoms in total. The lowest BCUT2D eigenvalue weighted by Gasteiger charge is -2.33. The summed E-state index contributed by atoms with van der Waals surface area (Å²) >= 11 is 0. The van der Waals surface area contributed by atoms with Crippen LogP contribution in [0.2, 0.25) is 0 Å². The molecule has 0 saturated carbocycles. The minimum atomic E-state index is -0.189. The van der Waals surface area contributed by atoms with Crippen LogP contribution in [0.25, 0.3) is 0 Å². The monoisotopic (exact) mass is 540 g/mol. The Balaban J connectivity index is 1.68. The maximum Gasteiger partial charge on any atom is 0.257 e. The number of benzene rings is 3. The minimum absolute atomic E-state index is 0.00152. The molecule has 0 saturated heterocycles.